The van der Waals surface area contributed by atoms with Crippen molar-refractivity contribution in [3.8, 4) is 11.6 Å². The van der Waals surface area contributed by atoms with Gasteiger partial charge in [-0.3, -0.25) is 14.9 Å². The molecule has 0 aliphatic rings. The van der Waals surface area contributed by atoms with Gasteiger partial charge in [-0.1, -0.05) is 6.07 Å². The van der Waals surface area contributed by atoms with E-state index in [1.54, 1.807) is 51.5 Å². The summed E-state index contributed by atoms with van der Waals surface area (Å²) in [5.41, 5.74) is 0.688. The number of H-pyrrole nitrogens is 1. The van der Waals surface area contributed by atoms with Gasteiger partial charge in [-0.2, -0.15) is 0 Å². The van der Waals surface area contributed by atoms with Gasteiger partial charge < -0.3 is 9.47 Å². The number of aromatic nitrogens is 4. The highest BCUT2D eigenvalue weighted by Gasteiger charge is 2.18. The molecule has 0 saturated carbocycles. The Bertz CT molecular complexity index is 969. The van der Waals surface area contributed by atoms with Crippen LogP contribution in [-0.2, 0) is 11.2 Å². The van der Waals surface area contributed by atoms with Crippen molar-refractivity contribution in [3.05, 3.63) is 70.5 Å². The van der Waals surface area contributed by atoms with E-state index >= 15 is 0 Å². The molecule has 3 aromatic heterocycles. The first-order chi connectivity index (χ1) is 12.8. The Morgan fingerprint density at radius 2 is 2.04 bits per heavy atom. The average molecular weight is 368 g/mol. The fourth-order valence-electron chi connectivity index (χ4n) is 2.36. The van der Waals surface area contributed by atoms with Gasteiger partial charge in [0.15, 0.2) is 11.6 Å². The molecule has 3 aromatic rings. The lowest BCUT2D eigenvalue weighted by atomic mass is 10.1. The Morgan fingerprint density at radius 3 is 2.67 bits per heavy atom. The third-order valence-corrected chi connectivity index (χ3v) is 3.50. The topological polar surface area (TPSA) is 99.1 Å². The van der Waals surface area contributed by atoms with E-state index in [2.05, 4.69) is 15.1 Å². The molecule has 0 amide bonds. The lowest BCUT2D eigenvalue weighted by Gasteiger charge is -2.18. The maximum Gasteiger partial charge on any atom is 0.514 e. The van der Waals surface area contributed by atoms with Crippen LogP contribution in [-0.4, -0.2) is 31.5 Å². The largest absolute Gasteiger partial charge is 0.514 e. The second-order valence-electron chi connectivity index (χ2n) is 6.90. The van der Waals surface area contributed by atoms with Crippen molar-refractivity contribution in [2.24, 2.45) is 0 Å². The number of nitrogens with zero attached hydrogens (tertiary/aromatic N) is 3. The second kappa shape index (κ2) is 7.45. The summed E-state index contributed by atoms with van der Waals surface area (Å²) in [5, 5.41) is 2.89. The Hall–Kier alpha value is -3.42. The second-order valence-corrected chi connectivity index (χ2v) is 6.90. The third-order valence-electron chi connectivity index (χ3n) is 3.50. The SMILES string of the molecule is CC(C)(C)OC(=O)Oc1ccc(-n2[nH]cc(Cc3cccnc3)c2=O)nc1. The van der Waals surface area contributed by atoms with Crippen LogP contribution in [0.3, 0.4) is 0 Å². The zero-order chi connectivity index (χ0) is 19.4. The molecule has 0 aromatic carbocycles. The predicted molar refractivity (Wildman–Crippen MR) is 98.1 cm³/mol. The molecule has 1 N–H and O–H groups in total. The fraction of sp³-hybridized carbons (Fsp3) is 0.263. The Kier molecular flexibility index (Phi) is 5.07. The van der Waals surface area contributed by atoms with E-state index in [-0.39, 0.29) is 11.3 Å². The maximum absolute atomic E-state index is 12.6. The van der Waals surface area contributed by atoms with Crippen molar-refractivity contribution in [2.45, 2.75) is 32.8 Å². The number of carbonyl (C=O) groups excluding carboxylic acids is 1. The van der Waals surface area contributed by atoms with Crippen LogP contribution in [0.1, 0.15) is 31.9 Å². The maximum atomic E-state index is 12.6. The molecule has 27 heavy (non-hydrogen) atoms. The molecule has 8 nitrogen and oxygen atoms in total. The van der Waals surface area contributed by atoms with Gasteiger partial charge >= 0.3 is 6.16 Å². The normalized spacial score (nSPS) is 11.2. The Balaban J connectivity index is 1.72. The summed E-state index contributed by atoms with van der Waals surface area (Å²) in [4.78, 5) is 32.4. The molecular weight excluding hydrogens is 348 g/mol. The molecule has 140 valence electrons. The molecule has 0 radical (unpaired) electrons. The fourth-order valence-corrected chi connectivity index (χ4v) is 2.36. The molecule has 0 spiro atoms. The highest BCUT2D eigenvalue weighted by Crippen LogP contribution is 2.14. The molecule has 3 rings (SSSR count). The standard InChI is InChI=1S/C19H20N4O4/c1-19(2,3)27-18(25)26-15-6-7-16(21-12-15)23-17(24)14(11-22-23)9-13-5-4-8-20-10-13/h4-8,10-12,22H,9H2,1-3H3. The van der Waals surface area contributed by atoms with Crippen LogP contribution in [0.4, 0.5) is 4.79 Å². The van der Waals surface area contributed by atoms with Crippen LogP contribution < -0.4 is 10.3 Å². The number of ether oxygens (including phenoxy) is 2. The van der Waals surface area contributed by atoms with Crippen LogP contribution in [0.25, 0.3) is 5.82 Å². The lowest BCUT2D eigenvalue weighted by Crippen LogP contribution is -2.26. The molecule has 0 bridgehead atoms. The summed E-state index contributed by atoms with van der Waals surface area (Å²) in [6.45, 7) is 5.24. The van der Waals surface area contributed by atoms with Crippen LogP contribution >= 0.6 is 0 Å². The zero-order valence-corrected chi connectivity index (χ0v) is 15.3. The lowest BCUT2D eigenvalue weighted by molar-refractivity contribution is 0.0205. The van der Waals surface area contributed by atoms with Gasteiger partial charge in [0.05, 0.1) is 6.20 Å². The summed E-state index contributed by atoms with van der Waals surface area (Å²) < 4.78 is 11.5. The smallest absolute Gasteiger partial charge is 0.428 e. The summed E-state index contributed by atoms with van der Waals surface area (Å²) in [5.74, 6) is 0.608. The highest BCUT2D eigenvalue weighted by molar-refractivity contribution is 5.64. The number of hydrogen-bond acceptors (Lipinski definition) is 6. The minimum Gasteiger partial charge on any atom is -0.428 e. The summed E-state index contributed by atoms with van der Waals surface area (Å²) in [7, 11) is 0. The summed E-state index contributed by atoms with van der Waals surface area (Å²) >= 11 is 0. The van der Waals surface area contributed by atoms with Gasteiger partial charge in [0.1, 0.15) is 5.60 Å². The van der Waals surface area contributed by atoms with Crippen molar-refractivity contribution in [1.82, 2.24) is 19.7 Å². The number of nitrogens with one attached hydrogen (secondary N) is 1. The van der Waals surface area contributed by atoms with Crippen LogP contribution in [0.15, 0.2) is 53.8 Å². The molecule has 0 saturated heterocycles. The van der Waals surface area contributed by atoms with E-state index in [4.69, 9.17) is 9.47 Å². The third kappa shape index (κ3) is 4.81. The van der Waals surface area contributed by atoms with Crippen molar-refractivity contribution in [1.29, 1.82) is 0 Å². The van der Waals surface area contributed by atoms with E-state index in [0.29, 0.717) is 17.8 Å². The van der Waals surface area contributed by atoms with E-state index < -0.39 is 11.8 Å². The van der Waals surface area contributed by atoms with E-state index in [9.17, 15) is 9.59 Å². The number of rotatable bonds is 4. The predicted octanol–water partition coefficient (Wildman–Crippen LogP) is 2.86. The molecule has 0 atom stereocenters. The molecule has 3 heterocycles. The van der Waals surface area contributed by atoms with E-state index in [0.717, 1.165) is 5.56 Å². The quantitative estimate of drug-likeness (QED) is 0.711. The molecule has 0 aliphatic heterocycles. The van der Waals surface area contributed by atoms with Gasteiger partial charge in [-0.15, -0.1) is 0 Å². The average Bonchev–Trinajstić information content (AvgIpc) is 2.95. The van der Waals surface area contributed by atoms with E-state index in [1.807, 2.05) is 12.1 Å². The Morgan fingerprint density at radius 1 is 1.22 bits per heavy atom. The zero-order valence-electron chi connectivity index (χ0n) is 15.3. The van der Waals surface area contributed by atoms with E-state index in [1.165, 1.54) is 10.9 Å². The van der Waals surface area contributed by atoms with Gasteiger partial charge in [-0.25, -0.2) is 14.5 Å². The molecule has 0 aliphatic carbocycles. The summed E-state index contributed by atoms with van der Waals surface area (Å²) in [6, 6.07) is 6.85. The number of aromatic amines is 1. The Labute approximate surface area is 155 Å². The minimum atomic E-state index is -0.812. The highest BCUT2D eigenvalue weighted by atomic mass is 16.7. The molecule has 0 fully saturated rings. The first-order valence-corrected chi connectivity index (χ1v) is 8.37. The monoisotopic (exact) mass is 368 g/mol. The molecule has 8 heteroatoms. The summed E-state index contributed by atoms with van der Waals surface area (Å²) in [6.07, 6.45) is 6.06. The van der Waals surface area contributed by atoms with Gasteiger partial charge in [0, 0.05) is 30.6 Å². The molecular formula is C19H20N4O4. The number of hydrogen-bond donors (Lipinski definition) is 1. The molecule has 0 unspecified atom stereocenters. The van der Waals surface area contributed by atoms with Gasteiger partial charge in [0.2, 0.25) is 0 Å². The minimum absolute atomic E-state index is 0.202. The first-order valence-electron chi connectivity index (χ1n) is 8.37. The number of carbonyl (C=O) groups is 1. The van der Waals surface area contributed by atoms with Gasteiger partial charge in [0.25, 0.3) is 5.56 Å². The van der Waals surface area contributed by atoms with Crippen LogP contribution in [0.5, 0.6) is 5.75 Å². The van der Waals surface area contributed by atoms with Crippen LogP contribution in [0, 0.1) is 0 Å². The van der Waals surface area contributed by atoms with Gasteiger partial charge in [-0.05, 0) is 44.5 Å². The van der Waals surface area contributed by atoms with Crippen molar-refractivity contribution in [3.63, 3.8) is 0 Å². The van der Waals surface area contributed by atoms with Crippen LogP contribution in [0.2, 0.25) is 0 Å². The first kappa shape index (κ1) is 18.4. The van der Waals surface area contributed by atoms with Crippen molar-refractivity contribution < 1.29 is 14.3 Å². The van der Waals surface area contributed by atoms with Crippen molar-refractivity contribution >= 4 is 6.16 Å². The number of pyridine rings is 2. The van der Waals surface area contributed by atoms with Crippen molar-refractivity contribution in [2.75, 3.05) is 0 Å².